The second-order valence-electron chi connectivity index (χ2n) is 8.26. The molecule has 2 aromatic carbocycles. The maximum Gasteiger partial charge on any atom is 0.323 e. The standard InChI is InChI=1S/C25H22Cl2N4O4/c1-2-24(12-28,23(33)34)15-3-5-16(6-4-15)25(9-10-35-13-25)30-22(32)20-11-17-19(31(20)14-29)8-7-18(26)21(17)27/h2-8,11-12,14,28-29H,1,9-10,13H2,(H,30,32)(H,33,34). The Balaban J connectivity index is 1.72. The highest BCUT2D eigenvalue weighted by molar-refractivity contribution is 6.45. The number of hydrogen-bond donors (Lipinski definition) is 4. The van der Waals surface area contributed by atoms with Crippen molar-refractivity contribution in [3.05, 3.63) is 82.0 Å². The van der Waals surface area contributed by atoms with Crippen LogP contribution in [0.15, 0.2) is 55.1 Å². The number of carbonyl (C=O) groups is 2. The van der Waals surface area contributed by atoms with Crippen molar-refractivity contribution in [2.75, 3.05) is 13.2 Å². The van der Waals surface area contributed by atoms with Gasteiger partial charge in [-0.2, -0.15) is 0 Å². The zero-order valence-corrected chi connectivity index (χ0v) is 20.0. The van der Waals surface area contributed by atoms with Crippen molar-refractivity contribution in [2.24, 2.45) is 0 Å². The number of amides is 1. The average Bonchev–Trinajstić information content (AvgIpc) is 3.48. The summed E-state index contributed by atoms with van der Waals surface area (Å²) in [4.78, 5) is 25.3. The molecule has 0 bridgehead atoms. The van der Waals surface area contributed by atoms with E-state index >= 15 is 0 Å². The second kappa shape index (κ2) is 9.30. The number of benzene rings is 2. The fraction of sp³-hybridized carbons (Fsp3) is 0.200. The minimum absolute atomic E-state index is 0.211. The average molecular weight is 513 g/mol. The molecule has 1 amide bonds. The van der Waals surface area contributed by atoms with Crippen LogP contribution in [0.2, 0.25) is 10.0 Å². The summed E-state index contributed by atoms with van der Waals surface area (Å²) in [5.41, 5.74) is -0.643. The van der Waals surface area contributed by atoms with Crippen molar-refractivity contribution in [3.63, 3.8) is 0 Å². The van der Waals surface area contributed by atoms with Crippen molar-refractivity contribution in [1.29, 1.82) is 10.8 Å². The first-order valence-electron chi connectivity index (χ1n) is 10.6. The minimum Gasteiger partial charge on any atom is -0.480 e. The zero-order chi connectivity index (χ0) is 25.4. The molecule has 2 unspecified atom stereocenters. The number of carboxylic acid groups (broad SMARTS) is 1. The van der Waals surface area contributed by atoms with Gasteiger partial charge in [-0.05, 0) is 29.3 Å². The number of nitrogens with zero attached hydrogens (tertiary/aromatic N) is 1. The summed E-state index contributed by atoms with van der Waals surface area (Å²) in [6.07, 6.45) is 3.57. The molecule has 3 aromatic rings. The first kappa shape index (κ1) is 24.7. The fourth-order valence-corrected chi connectivity index (χ4v) is 4.78. The Kier molecular flexibility index (Phi) is 6.55. The summed E-state index contributed by atoms with van der Waals surface area (Å²) in [6.45, 7) is 4.22. The van der Waals surface area contributed by atoms with Gasteiger partial charge in [-0.15, -0.1) is 6.58 Å². The number of halogens is 2. The lowest BCUT2D eigenvalue weighted by Gasteiger charge is -2.30. The van der Waals surface area contributed by atoms with E-state index in [9.17, 15) is 14.7 Å². The van der Waals surface area contributed by atoms with Crippen LogP contribution in [-0.2, 0) is 20.5 Å². The van der Waals surface area contributed by atoms with Crippen molar-refractivity contribution >= 4 is 58.5 Å². The number of rotatable bonds is 8. The molecule has 180 valence electrons. The molecule has 0 aliphatic carbocycles. The molecular formula is C25H22Cl2N4O4. The van der Waals surface area contributed by atoms with Crippen molar-refractivity contribution in [3.8, 4) is 0 Å². The van der Waals surface area contributed by atoms with Gasteiger partial charge in [0.2, 0.25) is 0 Å². The third-order valence-electron chi connectivity index (χ3n) is 6.46. The minimum atomic E-state index is -1.65. The molecule has 10 heteroatoms. The van der Waals surface area contributed by atoms with Gasteiger partial charge < -0.3 is 20.6 Å². The first-order chi connectivity index (χ1) is 16.7. The summed E-state index contributed by atoms with van der Waals surface area (Å²) >= 11 is 12.5. The van der Waals surface area contributed by atoms with E-state index < -0.39 is 22.8 Å². The Hall–Kier alpha value is -3.46. The predicted molar refractivity (Wildman–Crippen MR) is 135 cm³/mol. The van der Waals surface area contributed by atoms with Gasteiger partial charge in [0.05, 0.1) is 34.0 Å². The Bertz CT molecular complexity index is 1350. The lowest BCUT2D eigenvalue weighted by atomic mass is 9.80. The van der Waals surface area contributed by atoms with E-state index in [2.05, 4.69) is 11.9 Å². The van der Waals surface area contributed by atoms with E-state index in [-0.39, 0.29) is 12.3 Å². The Labute approximate surface area is 211 Å². The van der Waals surface area contributed by atoms with Crippen molar-refractivity contribution < 1.29 is 19.4 Å². The first-order valence-corrected chi connectivity index (χ1v) is 11.4. The van der Waals surface area contributed by atoms with Crippen LogP contribution in [0.5, 0.6) is 0 Å². The number of hydrogen-bond acceptors (Lipinski definition) is 5. The van der Waals surface area contributed by atoms with Gasteiger partial charge in [-0.1, -0.05) is 53.5 Å². The van der Waals surface area contributed by atoms with E-state index in [1.54, 1.807) is 42.5 Å². The number of carboxylic acids is 1. The highest BCUT2D eigenvalue weighted by atomic mass is 35.5. The third-order valence-corrected chi connectivity index (χ3v) is 7.28. The Morgan fingerprint density at radius 3 is 2.46 bits per heavy atom. The smallest absolute Gasteiger partial charge is 0.323 e. The molecule has 4 rings (SSSR count). The predicted octanol–water partition coefficient (Wildman–Crippen LogP) is 4.61. The maximum absolute atomic E-state index is 13.4. The lowest BCUT2D eigenvalue weighted by molar-refractivity contribution is -0.139. The number of carbonyl (C=O) groups excluding carboxylic acids is 1. The number of nitrogens with one attached hydrogen (secondary N) is 3. The highest BCUT2D eigenvalue weighted by Crippen LogP contribution is 2.35. The van der Waals surface area contributed by atoms with Crippen LogP contribution in [0, 0.1) is 10.8 Å². The maximum atomic E-state index is 13.4. The zero-order valence-electron chi connectivity index (χ0n) is 18.5. The second-order valence-corrected chi connectivity index (χ2v) is 9.05. The van der Waals surface area contributed by atoms with Crippen LogP contribution in [-0.4, -0.2) is 47.3 Å². The topological polar surface area (TPSA) is 128 Å². The molecule has 0 radical (unpaired) electrons. The molecule has 1 saturated heterocycles. The molecule has 2 atom stereocenters. The highest BCUT2D eigenvalue weighted by Gasteiger charge is 2.40. The quantitative estimate of drug-likeness (QED) is 0.199. The molecule has 4 N–H and O–H groups in total. The normalized spacial score (nSPS) is 19.1. The SMILES string of the molecule is C=CC(C=N)(C(=O)O)c1ccc(C2(NC(=O)c3cc4c(Cl)c(Cl)ccc4n3C=N)CCOC2)cc1. The molecular weight excluding hydrogens is 491 g/mol. The molecule has 1 aliphatic rings. The Morgan fingerprint density at radius 1 is 1.20 bits per heavy atom. The van der Waals surface area contributed by atoms with Gasteiger partial charge in [0, 0.05) is 24.6 Å². The van der Waals surface area contributed by atoms with Crippen LogP contribution in [0.4, 0.5) is 0 Å². The van der Waals surface area contributed by atoms with Gasteiger partial charge in [0.15, 0.2) is 0 Å². The molecule has 1 aromatic heterocycles. The van der Waals surface area contributed by atoms with Crippen LogP contribution in [0.1, 0.15) is 28.0 Å². The number of ether oxygens (including phenoxy) is 1. The molecule has 0 saturated carbocycles. The van der Waals surface area contributed by atoms with Crippen LogP contribution in [0.3, 0.4) is 0 Å². The number of aromatic nitrogens is 1. The van der Waals surface area contributed by atoms with E-state index in [0.717, 1.165) is 18.1 Å². The van der Waals surface area contributed by atoms with E-state index in [4.69, 9.17) is 38.8 Å². The number of aliphatic carboxylic acids is 1. The van der Waals surface area contributed by atoms with Crippen molar-refractivity contribution in [2.45, 2.75) is 17.4 Å². The van der Waals surface area contributed by atoms with Gasteiger partial charge in [0.25, 0.3) is 5.91 Å². The van der Waals surface area contributed by atoms with Crippen LogP contribution >= 0.6 is 23.2 Å². The van der Waals surface area contributed by atoms with Gasteiger partial charge in [-0.25, -0.2) is 0 Å². The Morgan fingerprint density at radius 2 is 1.91 bits per heavy atom. The van der Waals surface area contributed by atoms with E-state index in [1.807, 2.05) is 0 Å². The molecule has 8 nitrogen and oxygen atoms in total. The third kappa shape index (κ3) is 3.93. The summed E-state index contributed by atoms with van der Waals surface area (Å²) < 4.78 is 7.05. The van der Waals surface area contributed by atoms with Crippen LogP contribution in [0.25, 0.3) is 10.9 Å². The van der Waals surface area contributed by atoms with E-state index in [0.29, 0.717) is 39.5 Å². The summed E-state index contributed by atoms with van der Waals surface area (Å²) in [6, 6.07) is 11.5. The number of fused-ring (bicyclic) bond motifs is 1. The van der Waals surface area contributed by atoms with Gasteiger partial charge in [0.1, 0.15) is 11.1 Å². The largest absolute Gasteiger partial charge is 0.480 e. The summed E-state index contributed by atoms with van der Waals surface area (Å²) in [5.74, 6) is -1.64. The molecule has 1 fully saturated rings. The molecule has 1 aliphatic heterocycles. The molecule has 35 heavy (non-hydrogen) atoms. The molecule has 2 heterocycles. The summed E-state index contributed by atoms with van der Waals surface area (Å²) in [7, 11) is 0. The lowest BCUT2D eigenvalue weighted by Crippen LogP contribution is -2.47. The van der Waals surface area contributed by atoms with Crippen LogP contribution < -0.4 is 5.32 Å². The summed E-state index contributed by atoms with van der Waals surface area (Å²) in [5, 5.41) is 29.4. The fourth-order valence-electron chi connectivity index (χ4n) is 4.40. The molecule has 0 spiro atoms. The monoisotopic (exact) mass is 512 g/mol. The van der Waals surface area contributed by atoms with E-state index in [1.165, 1.54) is 10.6 Å². The van der Waals surface area contributed by atoms with Gasteiger partial charge >= 0.3 is 5.97 Å². The van der Waals surface area contributed by atoms with Crippen molar-refractivity contribution in [1.82, 2.24) is 9.88 Å². The van der Waals surface area contributed by atoms with Gasteiger partial charge in [-0.3, -0.25) is 19.6 Å².